The Morgan fingerprint density at radius 1 is 1.31 bits per heavy atom. The van der Waals surface area contributed by atoms with Crippen LogP contribution in [0, 0.1) is 0 Å². The second-order valence-corrected chi connectivity index (χ2v) is 8.94. The predicted molar refractivity (Wildman–Crippen MR) is 87.6 cm³/mol. The van der Waals surface area contributed by atoms with E-state index >= 15 is 0 Å². The van der Waals surface area contributed by atoms with Crippen molar-refractivity contribution in [1.29, 1.82) is 0 Å². The summed E-state index contributed by atoms with van der Waals surface area (Å²) in [4.78, 5) is 10.8. The maximum Gasteiger partial charge on any atom is 0.111 e. The van der Waals surface area contributed by atoms with Gasteiger partial charge in [-0.15, -0.1) is 0 Å². The molecule has 12 heteroatoms. The Morgan fingerprint density at radius 2 is 1.92 bits per heavy atom. The molecule has 11 nitrogen and oxygen atoms in total. The number of rotatable bonds is 4. The number of amides is 1. The molecule has 1 unspecified atom stereocenters. The first-order chi connectivity index (χ1) is 12.1. The number of para-hydroxylation sites is 1. The van der Waals surface area contributed by atoms with Gasteiger partial charge < -0.3 is 25.2 Å². The summed E-state index contributed by atoms with van der Waals surface area (Å²) in [6.07, 6.45) is -4.27. The molecule has 0 aliphatic carbocycles. The van der Waals surface area contributed by atoms with E-state index in [1.54, 1.807) is 6.07 Å². The van der Waals surface area contributed by atoms with E-state index in [4.69, 9.17) is 30.4 Å². The van der Waals surface area contributed by atoms with Gasteiger partial charge in [-0.3, -0.25) is 0 Å². The van der Waals surface area contributed by atoms with Crippen LogP contribution in [0.2, 0.25) is 0 Å². The Kier molecular flexibility index (Phi) is 8.90. The van der Waals surface area contributed by atoms with Crippen LogP contribution in [0.4, 0.5) is 5.69 Å². The summed E-state index contributed by atoms with van der Waals surface area (Å²) in [6.45, 7) is 0.861. The fourth-order valence-electron chi connectivity index (χ4n) is 2.09. The molecule has 2 rings (SSSR count). The van der Waals surface area contributed by atoms with Crippen LogP contribution in [-0.2, 0) is 17.1 Å². The maximum atomic E-state index is 11.4. The van der Waals surface area contributed by atoms with Crippen molar-refractivity contribution in [3.05, 3.63) is 24.3 Å². The van der Waals surface area contributed by atoms with Gasteiger partial charge in [-0.1, -0.05) is 0 Å². The number of anilines is 1. The van der Waals surface area contributed by atoms with Gasteiger partial charge in [-0.05, 0) is 0 Å². The van der Waals surface area contributed by atoms with Crippen molar-refractivity contribution in [3.8, 4) is 0 Å². The number of carbonyl (C=O) groups excluding carboxylic acids is 1. The summed E-state index contributed by atoms with van der Waals surface area (Å²) < 4.78 is 28.9. The first kappa shape index (κ1) is 22.8. The zero-order valence-corrected chi connectivity index (χ0v) is 15.7. The quantitative estimate of drug-likeness (QED) is 0.146. The number of carbonyl (C=O) groups is 1. The van der Waals surface area contributed by atoms with E-state index in [1.807, 2.05) is 0 Å². The van der Waals surface area contributed by atoms with Crippen molar-refractivity contribution in [2.45, 2.75) is 31.3 Å². The van der Waals surface area contributed by atoms with Gasteiger partial charge in [0.2, 0.25) is 0 Å². The van der Waals surface area contributed by atoms with Crippen molar-refractivity contribution in [2.75, 3.05) is 18.5 Å². The molecule has 1 aromatic rings. The minimum absolute atomic E-state index is 0.0521. The topological polar surface area (TPSA) is 186 Å². The average Bonchev–Trinajstić information content (AvgIpc) is 2.60. The third-order valence-corrected chi connectivity index (χ3v) is 5.98. The van der Waals surface area contributed by atoms with Crippen LogP contribution in [0.1, 0.15) is 6.92 Å². The molecule has 0 bridgehead atoms. The summed E-state index contributed by atoms with van der Waals surface area (Å²) in [7, 11) is 0. The molecule has 0 radical (unpaired) electrons. The van der Waals surface area contributed by atoms with Crippen LogP contribution < -0.4 is 9.67 Å². The standard InChI is InChI=1S/C8H10AsNO5.C6H12O5/c1-6(11)10-8-5-3-2-4-7(8)9(12,13)15-14;7-1-4-6(10)5(9)3(8)2-11-4/h2-5,14H,1H3,(H,10,11)(H,12,13);3-10H,1-2H2/t;3-,4+,5+,6+/m.0/s1. The van der Waals surface area contributed by atoms with Crippen LogP contribution in [0.5, 0.6) is 0 Å². The Bertz CT molecular complexity index is 640. The number of ether oxygens (including phenoxy) is 1. The van der Waals surface area contributed by atoms with Crippen molar-refractivity contribution < 1.29 is 46.9 Å². The largest absolute Gasteiger partial charge is 0.394 e. The van der Waals surface area contributed by atoms with Crippen LogP contribution in [0.3, 0.4) is 0 Å². The predicted octanol–water partition coefficient (Wildman–Crippen LogP) is -2.84. The van der Waals surface area contributed by atoms with Gasteiger partial charge in [0.1, 0.15) is 24.4 Å². The first-order valence-electron chi connectivity index (χ1n) is 7.43. The normalized spacial score (nSPS) is 27.7. The molecular weight excluding hydrogens is 417 g/mol. The van der Waals surface area contributed by atoms with E-state index in [-0.39, 0.29) is 29.2 Å². The van der Waals surface area contributed by atoms with E-state index in [1.165, 1.54) is 25.1 Å². The molecule has 1 fully saturated rings. The van der Waals surface area contributed by atoms with Gasteiger partial charge in [0.05, 0.1) is 13.2 Å². The second kappa shape index (κ2) is 10.2. The molecule has 1 heterocycles. The van der Waals surface area contributed by atoms with Gasteiger partial charge in [0.15, 0.2) is 0 Å². The maximum absolute atomic E-state index is 11.4. The summed E-state index contributed by atoms with van der Waals surface area (Å²) >= 11 is -4.92. The van der Waals surface area contributed by atoms with E-state index in [0.29, 0.717) is 0 Å². The number of aliphatic hydroxyl groups excluding tert-OH is 4. The Morgan fingerprint density at radius 3 is 2.46 bits per heavy atom. The molecular formula is C14H22AsNO10. The van der Waals surface area contributed by atoms with E-state index in [9.17, 15) is 12.6 Å². The summed E-state index contributed by atoms with van der Waals surface area (Å²) in [5, 5.41) is 46.4. The fraction of sp³-hybridized carbons (Fsp3) is 0.500. The third kappa shape index (κ3) is 6.16. The minimum Gasteiger partial charge on any atom is -0.394 e. The van der Waals surface area contributed by atoms with Crippen molar-refractivity contribution in [2.24, 2.45) is 0 Å². The van der Waals surface area contributed by atoms with E-state index < -0.39 is 38.6 Å². The molecule has 1 saturated heterocycles. The second-order valence-electron chi connectivity index (χ2n) is 5.40. The fourth-order valence-corrected chi connectivity index (χ4v) is 3.76. The number of hydrogen-bond acceptors (Lipinski definition) is 9. The summed E-state index contributed by atoms with van der Waals surface area (Å²) in [6, 6.07) is 5.84. The smallest absolute Gasteiger partial charge is 0.111 e. The van der Waals surface area contributed by atoms with Gasteiger partial charge in [-0.2, -0.15) is 0 Å². The molecule has 148 valence electrons. The molecule has 0 spiro atoms. The molecule has 5 atom stereocenters. The molecule has 26 heavy (non-hydrogen) atoms. The molecule has 1 aliphatic heterocycles. The zero-order chi connectivity index (χ0) is 19.9. The van der Waals surface area contributed by atoms with E-state index in [2.05, 4.69) is 9.19 Å². The van der Waals surface area contributed by atoms with E-state index in [0.717, 1.165) is 0 Å². The number of nitrogens with one attached hydrogen (secondary N) is 1. The Labute approximate surface area is 151 Å². The van der Waals surface area contributed by atoms with Gasteiger partial charge in [0.25, 0.3) is 0 Å². The first-order valence-corrected chi connectivity index (χ1v) is 10.7. The molecule has 1 aromatic carbocycles. The summed E-state index contributed by atoms with van der Waals surface area (Å²) in [5.74, 6) is -0.379. The van der Waals surface area contributed by atoms with Crippen LogP contribution in [-0.4, -0.2) is 87.5 Å². The van der Waals surface area contributed by atoms with Crippen LogP contribution in [0.25, 0.3) is 0 Å². The zero-order valence-electron chi connectivity index (χ0n) is 13.8. The number of aliphatic hydroxyl groups is 4. The van der Waals surface area contributed by atoms with Gasteiger partial charge in [0, 0.05) is 0 Å². The monoisotopic (exact) mass is 439 g/mol. The molecule has 1 aliphatic rings. The molecule has 7 N–H and O–H groups in total. The number of hydrogen-bond donors (Lipinski definition) is 7. The SMILES string of the molecule is CC(=O)Nc1ccccc1[As](=O)(O)OO.OC[C@H]1OC[C@H](O)[C@@H](O)[C@@H]1O. The minimum atomic E-state index is -4.92. The van der Waals surface area contributed by atoms with Crippen LogP contribution in [0.15, 0.2) is 24.3 Å². The average molecular weight is 439 g/mol. The van der Waals surface area contributed by atoms with Crippen LogP contribution >= 0.6 is 0 Å². The summed E-state index contributed by atoms with van der Waals surface area (Å²) in [5.41, 5.74) is 0.157. The van der Waals surface area contributed by atoms with Crippen molar-refractivity contribution in [3.63, 3.8) is 0 Å². The third-order valence-electron chi connectivity index (χ3n) is 3.42. The molecule has 0 saturated carbocycles. The number of benzene rings is 1. The van der Waals surface area contributed by atoms with Gasteiger partial charge in [-0.25, -0.2) is 0 Å². The van der Waals surface area contributed by atoms with Crippen molar-refractivity contribution >= 4 is 30.1 Å². The molecule has 0 aromatic heterocycles. The van der Waals surface area contributed by atoms with Gasteiger partial charge >= 0.3 is 88.4 Å². The van der Waals surface area contributed by atoms with Crippen molar-refractivity contribution in [1.82, 2.24) is 0 Å². The Balaban J connectivity index is 0.000000273. The Hall–Kier alpha value is -1.27. The molecule has 1 amide bonds.